The van der Waals surface area contributed by atoms with Crippen LogP contribution in [0.15, 0.2) is 47.8 Å². The minimum atomic E-state index is -4.51. The number of benzene rings is 1. The summed E-state index contributed by atoms with van der Waals surface area (Å²) in [4.78, 5) is 5.15. The van der Waals surface area contributed by atoms with Crippen molar-refractivity contribution in [3.8, 4) is 16.3 Å². The molecular formula is C18H11ClF3N3S. The van der Waals surface area contributed by atoms with Gasteiger partial charge in [-0.05, 0) is 42.6 Å². The third-order valence-electron chi connectivity index (χ3n) is 3.94. The van der Waals surface area contributed by atoms with E-state index in [4.69, 9.17) is 11.6 Å². The van der Waals surface area contributed by atoms with Gasteiger partial charge in [0.15, 0.2) is 5.65 Å². The average Bonchev–Trinajstić information content (AvgIpc) is 3.22. The Morgan fingerprint density at radius 1 is 1.12 bits per heavy atom. The molecule has 8 heteroatoms. The molecular weight excluding hydrogens is 383 g/mol. The molecule has 3 nitrogen and oxygen atoms in total. The fourth-order valence-corrected chi connectivity index (χ4v) is 3.72. The zero-order valence-electron chi connectivity index (χ0n) is 13.4. The van der Waals surface area contributed by atoms with E-state index in [0.717, 1.165) is 6.07 Å². The minimum Gasteiger partial charge on any atom is -0.227 e. The van der Waals surface area contributed by atoms with E-state index < -0.39 is 11.7 Å². The van der Waals surface area contributed by atoms with E-state index in [1.165, 1.54) is 16.0 Å². The molecule has 0 saturated carbocycles. The van der Waals surface area contributed by atoms with Gasteiger partial charge in [-0.3, -0.25) is 0 Å². The predicted octanol–water partition coefficient (Wildman–Crippen LogP) is 6.13. The van der Waals surface area contributed by atoms with Gasteiger partial charge in [0.25, 0.3) is 0 Å². The molecule has 0 N–H and O–H groups in total. The van der Waals surface area contributed by atoms with Crippen LogP contribution in [0.1, 0.15) is 11.3 Å². The lowest BCUT2D eigenvalue weighted by molar-refractivity contribution is -0.136. The summed E-state index contributed by atoms with van der Waals surface area (Å²) in [5.74, 6) is 0. The van der Waals surface area contributed by atoms with Crippen LogP contribution in [0.2, 0.25) is 5.02 Å². The van der Waals surface area contributed by atoms with Crippen LogP contribution in [0.3, 0.4) is 0 Å². The van der Waals surface area contributed by atoms with Crippen molar-refractivity contribution in [2.45, 2.75) is 13.1 Å². The molecule has 4 aromatic rings. The fourth-order valence-electron chi connectivity index (χ4n) is 2.85. The van der Waals surface area contributed by atoms with Crippen molar-refractivity contribution in [1.82, 2.24) is 14.8 Å². The van der Waals surface area contributed by atoms with E-state index in [0.29, 0.717) is 15.6 Å². The monoisotopic (exact) mass is 393 g/mol. The van der Waals surface area contributed by atoms with Crippen molar-refractivity contribution in [2.75, 3.05) is 0 Å². The van der Waals surface area contributed by atoms with Crippen LogP contribution >= 0.6 is 22.9 Å². The summed E-state index contributed by atoms with van der Waals surface area (Å²) in [7, 11) is 0. The molecule has 0 saturated heterocycles. The number of halogens is 4. The molecule has 132 valence electrons. The molecule has 0 amide bonds. The first-order valence-corrected chi connectivity index (χ1v) is 8.88. The summed E-state index contributed by atoms with van der Waals surface area (Å²) in [6, 6.07) is 11.4. The molecule has 0 aliphatic heterocycles. The van der Waals surface area contributed by atoms with Crippen molar-refractivity contribution in [3.05, 3.63) is 64.1 Å². The van der Waals surface area contributed by atoms with Crippen molar-refractivity contribution in [2.24, 2.45) is 0 Å². The van der Waals surface area contributed by atoms with Gasteiger partial charge in [0, 0.05) is 5.02 Å². The highest BCUT2D eigenvalue weighted by atomic mass is 35.5. The fraction of sp³-hybridized carbons (Fsp3) is 0.111. The molecule has 0 spiro atoms. The SMILES string of the molecule is Cc1nn(-c2cccc(Cl)c2)c2nc(-c3cccs3)cc(C(F)(F)F)c12. The first kappa shape index (κ1) is 17.1. The van der Waals surface area contributed by atoms with Crippen LogP contribution in [0.5, 0.6) is 0 Å². The highest BCUT2D eigenvalue weighted by Gasteiger charge is 2.36. The van der Waals surface area contributed by atoms with Gasteiger partial charge in [0.2, 0.25) is 0 Å². The molecule has 0 unspecified atom stereocenters. The van der Waals surface area contributed by atoms with Gasteiger partial charge < -0.3 is 0 Å². The summed E-state index contributed by atoms with van der Waals surface area (Å²) >= 11 is 7.36. The molecule has 26 heavy (non-hydrogen) atoms. The van der Waals surface area contributed by atoms with Gasteiger partial charge in [-0.15, -0.1) is 11.3 Å². The lowest BCUT2D eigenvalue weighted by atomic mass is 10.1. The first-order chi connectivity index (χ1) is 12.3. The third-order valence-corrected chi connectivity index (χ3v) is 5.07. The quantitative estimate of drug-likeness (QED) is 0.410. The van der Waals surface area contributed by atoms with Gasteiger partial charge in [-0.1, -0.05) is 23.7 Å². The Morgan fingerprint density at radius 3 is 2.58 bits per heavy atom. The van der Waals surface area contributed by atoms with Crippen molar-refractivity contribution >= 4 is 34.0 Å². The van der Waals surface area contributed by atoms with Crippen LogP contribution in [0.4, 0.5) is 13.2 Å². The number of pyridine rings is 1. The van der Waals surface area contributed by atoms with E-state index in [-0.39, 0.29) is 22.4 Å². The maximum atomic E-state index is 13.7. The minimum absolute atomic E-state index is 0.00205. The maximum absolute atomic E-state index is 13.7. The highest BCUT2D eigenvalue weighted by Crippen LogP contribution is 2.39. The number of thiophene rings is 1. The Hall–Kier alpha value is -2.38. The second-order valence-corrected chi connectivity index (χ2v) is 7.09. The van der Waals surface area contributed by atoms with Crippen molar-refractivity contribution < 1.29 is 13.2 Å². The van der Waals surface area contributed by atoms with E-state index in [1.54, 1.807) is 48.7 Å². The lowest BCUT2D eigenvalue weighted by Crippen LogP contribution is -2.07. The molecule has 0 bridgehead atoms. The molecule has 3 aromatic heterocycles. The maximum Gasteiger partial charge on any atom is 0.417 e. The highest BCUT2D eigenvalue weighted by molar-refractivity contribution is 7.13. The third kappa shape index (κ3) is 2.87. The summed E-state index contributed by atoms with van der Waals surface area (Å²) in [5.41, 5.74) is 0.500. The average molecular weight is 394 g/mol. The number of aromatic nitrogens is 3. The number of rotatable bonds is 2. The molecule has 0 fully saturated rings. The topological polar surface area (TPSA) is 30.7 Å². The zero-order valence-corrected chi connectivity index (χ0v) is 15.0. The zero-order chi connectivity index (χ0) is 18.5. The summed E-state index contributed by atoms with van der Waals surface area (Å²) < 4.78 is 42.5. The summed E-state index contributed by atoms with van der Waals surface area (Å²) in [6.07, 6.45) is -4.51. The molecule has 0 aliphatic rings. The smallest absolute Gasteiger partial charge is 0.227 e. The Bertz CT molecular complexity index is 1100. The number of nitrogens with zero attached hydrogens (tertiary/aromatic N) is 3. The Morgan fingerprint density at radius 2 is 1.92 bits per heavy atom. The standard InChI is InChI=1S/C18H11ClF3N3S/c1-10-16-13(18(20,21)22)9-14(15-6-3-7-26-15)23-17(16)25(24-10)12-5-2-4-11(19)8-12/h2-9H,1H3. The van der Waals surface area contributed by atoms with Gasteiger partial charge in [0.1, 0.15) is 0 Å². The van der Waals surface area contributed by atoms with Crippen LogP contribution < -0.4 is 0 Å². The molecule has 1 aromatic carbocycles. The van der Waals surface area contributed by atoms with Crippen molar-refractivity contribution in [3.63, 3.8) is 0 Å². The first-order valence-electron chi connectivity index (χ1n) is 7.62. The van der Waals surface area contributed by atoms with Gasteiger partial charge >= 0.3 is 6.18 Å². The Balaban J connectivity index is 2.08. The van der Waals surface area contributed by atoms with Gasteiger partial charge in [-0.2, -0.15) is 18.3 Å². The molecule has 0 radical (unpaired) electrons. The lowest BCUT2D eigenvalue weighted by Gasteiger charge is -2.11. The van der Waals surface area contributed by atoms with E-state index in [1.807, 2.05) is 0 Å². The number of hydrogen-bond acceptors (Lipinski definition) is 3. The molecule has 0 atom stereocenters. The molecule has 0 aliphatic carbocycles. The second kappa shape index (κ2) is 6.10. The van der Waals surface area contributed by atoms with E-state index in [2.05, 4.69) is 10.1 Å². The van der Waals surface area contributed by atoms with Crippen molar-refractivity contribution in [1.29, 1.82) is 0 Å². The van der Waals surface area contributed by atoms with Crippen LogP contribution in [0.25, 0.3) is 27.3 Å². The summed E-state index contributed by atoms with van der Waals surface area (Å²) in [5, 5.41) is 6.56. The largest absolute Gasteiger partial charge is 0.417 e. The Kier molecular flexibility index (Phi) is 4.00. The van der Waals surface area contributed by atoms with Gasteiger partial charge in [0.05, 0.1) is 32.9 Å². The van der Waals surface area contributed by atoms with E-state index in [9.17, 15) is 13.2 Å². The van der Waals surface area contributed by atoms with Crippen LogP contribution in [-0.2, 0) is 6.18 Å². The normalized spacial score (nSPS) is 12.0. The summed E-state index contributed by atoms with van der Waals surface area (Å²) in [6.45, 7) is 1.55. The predicted molar refractivity (Wildman–Crippen MR) is 96.9 cm³/mol. The molecule has 3 heterocycles. The number of fused-ring (bicyclic) bond motifs is 1. The van der Waals surface area contributed by atoms with Gasteiger partial charge in [-0.25, -0.2) is 9.67 Å². The second-order valence-electron chi connectivity index (χ2n) is 5.71. The van der Waals surface area contributed by atoms with Crippen LogP contribution in [-0.4, -0.2) is 14.8 Å². The Labute approximate surface area is 155 Å². The van der Waals surface area contributed by atoms with Crippen LogP contribution in [0, 0.1) is 6.92 Å². The molecule has 4 rings (SSSR count). The number of hydrogen-bond donors (Lipinski definition) is 0. The number of aryl methyl sites for hydroxylation is 1. The number of alkyl halides is 3. The van der Waals surface area contributed by atoms with E-state index >= 15 is 0 Å².